The molecule has 0 unspecified atom stereocenters. The van der Waals surface area contributed by atoms with Crippen molar-refractivity contribution in [1.29, 1.82) is 0 Å². The van der Waals surface area contributed by atoms with Gasteiger partial charge in [-0.15, -0.1) is 0 Å². The molecule has 33 heavy (non-hydrogen) atoms. The fourth-order valence-corrected chi connectivity index (χ4v) is 4.08. The summed E-state index contributed by atoms with van der Waals surface area (Å²) in [7, 11) is 4.71. The number of piperazine rings is 1. The molecule has 0 saturated carbocycles. The average Bonchev–Trinajstić information content (AvgIpc) is 3.32. The minimum atomic E-state index is -0.166. The fraction of sp³-hybridized carbons (Fsp3) is 0.435. The second-order valence-corrected chi connectivity index (χ2v) is 7.77. The Morgan fingerprint density at radius 1 is 1.03 bits per heavy atom. The number of anilines is 1. The third-order valence-corrected chi connectivity index (χ3v) is 5.83. The number of rotatable bonds is 9. The van der Waals surface area contributed by atoms with Crippen molar-refractivity contribution < 1.29 is 19.0 Å². The van der Waals surface area contributed by atoms with Crippen LogP contribution in [0.1, 0.15) is 16.9 Å². The summed E-state index contributed by atoms with van der Waals surface area (Å²) in [6.45, 7) is 5.23. The number of benzene rings is 1. The summed E-state index contributed by atoms with van der Waals surface area (Å²) in [5.74, 6) is 2.30. The number of aromatic amines is 1. The zero-order valence-corrected chi connectivity index (χ0v) is 19.3. The molecule has 176 valence electrons. The summed E-state index contributed by atoms with van der Waals surface area (Å²) < 4.78 is 16.3. The number of carbonyl (C=O) groups excluding carboxylic acids is 1. The van der Waals surface area contributed by atoms with Crippen molar-refractivity contribution in [2.75, 3.05) is 65.5 Å². The Hall–Kier alpha value is -3.53. The first-order chi connectivity index (χ1) is 16.1. The molecule has 10 nitrogen and oxygen atoms in total. The largest absolute Gasteiger partial charge is 0.496 e. The van der Waals surface area contributed by atoms with E-state index >= 15 is 0 Å². The lowest BCUT2D eigenvalue weighted by Gasteiger charge is -2.34. The van der Waals surface area contributed by atoms with Gasteiger partial charge in [0.1, 0.15) is 11.4 Å². The summed E-state index contributed by atoms with van der Waals surface area (Å²) in [6, 6.07) is 5.35. The third kappa shape index (κ3) is 4.95. The van der Waals surface area contributed by atoms with Crippen LogP contribution in [-0.2, 0) is 0 Å². The number of amides is 1. The van der Waals surface area contributed by atoms with Crippen LogP contribution in [0, 0.1) is 0 Å². The van der Waals surface area contributed by atoms with Gasteiger partial charge in [-0.05, 0) is 25.1 Å². The maximum Gasteiger partial charge on any atom is 0.267 e. The van der Waals surface area contributed by atoms with Crippen molar-refractivity contribution in [3.63, 3.8) is 0 Å². The van der Waals surface area contributed by atoms with E-state index in [1.807, 2.05) is 6.07 Å². The minimum absolute atomic E-state index is 0.166. The number of methoxy groups -OCH3 is 3. The number of nitrogens with one attached hydrogen (secondary N) is 2. The molecular formula is C23H30N6O4. The summed E-state index contributed by atoms with van der Waals surface area (Å²) in [5.41, 5.74) is 1.12. The lowest BCUT2D eigenvalue weighted by atomic mass is 10.2. The topological polar surface area (TPSA) is 105 Å². The quantitative estimate of drug-likeness (QED) is 0.473. The van der Waals surface area contributed by atoms with Crippen molar-refractivity contribution in [1.82, 2.24) is 25.2 Å². The van der Waals surface area contributed by atoms with E-state index in [9.17, 15) is 4.79 Å². The molecule has 0 atom stereocenters. The summed E-state index contributed by atoms with van der Waals surface area (Å²) in [5, 5.41) is 3.76. The Morgan fingerprint density at radius 3 is 2.42 bits per heavy atom. The molecular weight excluding hydrogens is 424 g/mol. The first kappa shape index (κ1) is 22.7. The lowest BCUT2D eigenvalue weighted by Crippen LogP contribution is -2.47. The minimum Gasteiger partial charge on any atom is -0.496 e. The standard InChI is InChI=1S/C23H30N6O4/c1-31-18-15-19(32-2)21(33-3)20-16(18)14-17(27-20)22(30)24-8-5-9-28-10-12-29(13-11-28)23-25-6-4-7-26-23/h4,6-7,14-15,27H,5,8-13H2,1-3H3,(H,24,30). The predicted octanol–water partition coefficient (Wildman–Crippen LogP) is 1.93. The number of ether oxygens (including phenoxy) is 3. The summed E-state index contributed by atoms with van der Waals surface area (Å²) in [4.78, 5) is 29.1. The third-order valence-electron chi connectivity index (χ3n) is 5.83. The number of carbonyl (C=O) groups is 1. The predicted molar refractivity (Wildman–Crippen MR) is 126 cm³/mol. The molecule has 10 heteroatoms. The van der Waals surface area contributed by atoms with E-state index in [4.69, 9.17) is 14.2 Å². The van der Waals surface area contributed by atoms with Gasteiger partial charge in [-0.3, -0.25) is 9.69 Å². The number of H-pyrrole nitrogens is 1. The smallest absolute Gasteiger partial charge is 0.267 e. The van der Waals surface area contributed by atoms with Gasteiger partial charge in [0.25, 0.3) is 5.91 Å². The van der Waals surface area contributed by atoms with E-state index in [2.05, 4.69) is 30.1 Å². The normalized spacial score (nSPS) is 14.3. The highest BCUT2D eigenvalue weighted by Gasteiger charge is 2.20. The molecule has 0 aliphatic carbocycles. The van der Waals surface area contributed by atoms with Crippen molar-refractivity contribution in [2.45, 2.75) is 6.42 Å². The van der Waals surface area contributed by atoms with Crippen LogP contribution in [0.3, 0.4) is 0 Å². The Labute approximate surface area is 192 Å². The molecule has 0 radical (unpaired) electrons. The van der Waals surface area contributed by atoms with Gasteiger partial charge in [-0.2, -0.15) is 0 Å². The Morgan fingerprint density at radius 2 is 1.76 bits per heavy atom. The monoisotopic (exact) mass is 454 g/mol. The highest BCUT2D eigenvalue weighted by molar-refractivity contribution is 6.02. The van der Waals surface area contributed by atoms with Crippen LogP contribution in [0.15, 0.2) is 30.6 Å². The molecule has 3 aromatic rings. The number of hydrogen-bond donors (Lipinski definition) is 2. The van der Waals surface area contributed by atoms with Crippen LogP contribution in [-0.4, -0.2) is 86.4 Å². The second-order valence-electron chi connectivity index (χ2n) is 7.77. The van der Waals surface area contributed by atoms with E-state index in [1.165, 1.54) is 0 Å². The molecule has 1 saturated heterocycles. The van der Waals surface area contributed by atoms with Gasteiger partial charge in [-0.25, -0.2) is 9.97 Å². The molecule has 1 amide bonds. The van der Waals surface area contributed by atoms with Gasteiger partial charge in [0.15, 0.2) is 11.5 Å². The Bertz CT molecular complexity index is 1080. The maximum absolute atomic E-state index is 12.7. The maximum atomic E-state index is 12.7. The van der Waals surface area contributed by atoms with Crippen LogP contribution < -0.4 is 24.4 Å². The van der Waals surface area contributed by atoms with Crippen molar-refractivity contribution in [3.8, 4) is 17.2 Å². The lowest BCUT2D eigenvalue weighted by molar-refractivity contribution is 0.0947. The van der Waals surface area contributed by atoms with Crippen LogP contribution >= 0.6 is 0 Å². The summed E-state index contributed by atoms with van der Waals surface area (Å²) >= 11 is 0. The number of nitrogens with zero attached hydrogens (tertiary/aromatic N) is 4. The van der Waals surface area contributed by atoms with Crippen molar-refractivity contribution in [2.24, 2.45) is 0 Å². The van der Waals surface area contributed by atoms with Crippen LogP contribution in [0.25, 0.3) is 10.9 Å². The fourth-order valence-electron chi connectivity index (χ4n) is 4.08. The van der Waals surface area contributed by atoms with E-state index in [0.29, 0.717) is 35.0 Å². The number of aromatic nitrogens is 3. The molecule has 4 rings (SSSR count). The zero-order valence-electron chi connectivity index (χ0n) is 19.3. The van der Waals surface area contributed by atoms with Gasteiger partial charge in [-0.1, -0.05) is 0 Å². The molecule has 2 aromatic heterocycles. The first-order valence-electron chi connectivity index (χ1n) is 11.0. The number of hydrogen-bond acceptors (Lipinski definition) is 8. The molecule has 1 aliphatic heterocycles. The van der Waals surface area contributed by atoms with Crippen LogP contribution in [0.2, 0.25) is 0 Å². The molecule has 1 aromatic carbocycles. The molecule has 0 bridgehead atoms. The highest BCUT2D eigenvalue weighted by Crippen LogP contribution is 2.41. The second kappa shape index (κ2) is 10.4. The molecule has 1 fully saturated rings. The Balaban J connectivity index is 1.29. The molecule has 1 aliphatic rings. The SMILES string of the molecule is COc1cc(OC)c2cc(C(=O)NCCCN3CCN(c4ncccn4)CC3)[nH]c2c1OC. The van der Waals surface area contributed by atoms with Crippen LogP contribution in [0.5, 0.6) is 17.2 Å². The van der Waals surface area contributed by atoms with Gasteiger partial charge >= 0.3 is 0 Å². The average molecular weight is 455 g/mol. The van der Waals surface area contributed by atoms with Gasteiger partial charge in [0, 0.05) is 56.6 Å². The highest BCUT2D eigenvalue weighted by atomic mass is 16.5. The molecule has 3 heterocycles. The van der Waals surface area contributed by atoms with Gasteiger partial charge in [0.05, 0.1) is 26.8 Å². The van der Waals surface area contributed by atoms with E-state index < -0.39 is 0 Å². The first-order valence-corrected chi connectivity index (χ1v) is 11.0. The number of fused-ring (bicyclic) bond motifs is 1. The zero-order chi connectivity index (χ0) is 23.2. The van der Waals surface area contributed by atoms with E-state index in [1.54, 1.807) is 45.9 Å². The molecule has 0 spiro atoms. The Kier molecular flexibility index (Phi) is 7.13. The van der Waals surface area contributed by atoms with E-state index in [-0.39, 0.29) is 5.91 Å². The van der Waals surface area contributed by atoms with Crippen LogP contribution in [0.4, 0.5) is 5.95 Å². The molecule has 2 N–H and O–H groups in total. The van der Waals surface area contributed by atoms with E-state index in [0.717, 1.165) is 50.5 Å². The van der Waals surface area contributed by atoms with Crippen molar-refractivity contribution in [3.05, 3.63) is 36.3 Å². The summed E-state index contributed by atoms with van der Waals surface area (Å²) in [6.07, 6.45) is 4.41. The van der Waals surface area contributed by atoms with Gasteiger partial charge < -0.3 is 29.4 Å². The van der Waals surface area contributed by atoms with Gasteiger partial charge in [0.2, 0.25) is 5.95 Å². The van der Waals surface area contributed by atoms with Crippen molar-refractivity contribution >= 4 is 22.8 Å².